The minimum atomic E-state index is -1.44. The molecule has 0 saturated heterocycles. The zero-order valence-electron chi connectivity index (χ0n) is 14.1. The monoisotopic (exact) mass is 492 g/mol. The van der Waals surface area contributed by atoms with Gasteiger partial charge in [0.2, 0.25) is 0 Å². The smallest absolute Gasteiger partial charge is 0.547 e. The Balaban J connectivity index is -0.0000000381. The van der Waals surface area contributed by atoms with E-state index in [1.54, 1.807) is 0 Å². The van der Waals surface area contributed by atoms with Gasteiger partial charge in [0.25, 0.3) is 0 Å². The van der Waals surface area contributed by atoms with Crippen molar-refractivity contribution in [2.24, 2.45) is 0 Å². The van der Waals surface area contributed by atoms with Gasteiger partial charge in [-0.3, -0.25) is 0 Å². The average Bonchev–Trinajstić information content (AvgIpc) is 2.40. The van der Waals surface area contributed by atoms with Gasteiger partial charge in [-0.1, -0.05) is 7.43 Å². The van der Waals surface area contributed by atoms with Crippen LogP contribution in [0.15, 0.2) is 0 Å². The van der Waals surface area contributed by atoms with Crippen molar-refractivity contribution in [1.82, 2.24) is 0 Å². The number of aliphatic carboxylic acids is 4. The first-order valence-electron chi connectivity index (χ1n) is 6.17. The summed E-state index contributed by atoms with van der Waals surface area (Å²) in [6.45, 7) is 4.66. The van der Waals surface area contributed by atoms with Crippen molar-refractivity contribution < 1.29 is 93.6 Å². The second-order valence-electron chi connectivity index (χ2n) is 4.02. The van der Waals surface area contributed by atoms with Crippen molar-refractivity contribution in [2.75, 3.05) is 0 Å². The first-order valence-corrected chi connectivity index (χ1v) is 6.17. The van der Waals surface area contributed by atoms with Crippen LogP contribution in [-0.4, -0.2) is 78.9 Å². The number of aliphatic hydroxyl groups excluding tert-OH is 4. The number of carboxylic acid groups (broad SMARTS) is 4. The Morgan fingerprint density at radius 3 is 0.704 bits per heavy atom. The number of rotatable bonds is 4. The van der Waals surface area contributed by atoms with Gasteiger partial charge in [0, 0.05) is 16.8 Å². The van der Waals surface area contributed by atoms with Crippen molar-refractivity contribution in [3.63, 3.8) is 0 Å². The van der Waals surface area contributed by atoms with E-state index in [0.717, 1.165) is 13.8 Å². The van der Waals surface area contributed by atoms with Crippen LogP contribution in [0.3, 0.4) is 0 Å². The zero-order valence-corrected chi connectivity index (χ0v) is 16.2. The maximum absolute atomic E-state index is 9.45. The Morgan fingerprint density at radius 2 is 0.704 bits per heavy atom. The normalized spacial score (nSPS) is 12.1. The number of carbonyl (C=O) groups excluding carboxylic acids is 2. The van der Waals surface area contributed by atoms with E-state index < -0.39 is 48.3 Å². The van der Waals surface area contributed by atoms with E-state index in [0.29, 0.717) is 0 Å². The third kappa shape index (κ3) is 58.9. The fourth-order valence-corrected chi connectivity index (χ4v) is 0. The van der Waals surface area contributed by atoms with Crippen LogP contribution >= 0.6 is 0 Å². The largest absolute Gasteiger partial charge is 2.00 e. The molecule has 0 aromatic heterocycles. The maximum atomic E-state index is 9.45. The van der Waals surface area contributed by atoms with Crippen molar-refractivity contribution >= 4 is 23.9 Å². The molecule has 0 saturated carbocycles. The minimum absolute atomic E-state index is 0. The van der Waals surface area contributed by atoms with Gasteiger partial charge in [0.05, 0.1) is 24.1 Å². The molecule has 14 heteroatoms. The van der Waals surface area contributed by atoms with Gasteiger partial charge in [-0.15, -0.1) is 0 Å². The number of hydrogen-bond donors (Lipinski definition) is 6. The van der Waals surface area contributed by atoms with E-state index in [1.807, 2.05) is 0 Å². The fourth-order valence-electron chi connectivity index (χ4n) is 0. The van der Waals surface area contributed by atoms with Gasteiger partial charge < -0.3 is 50.4 Å². The van der Waals surface area contributed by atoms with Crippen molar-refractivity contribution in [2.45, 2.75) is 59.5 Å². The summed E-state index contributed by atoms with van der Waals surface area (Å²) in [4.78, 5) is 37.6. The summed E-state index contributed by atoms with van der Waals surface area (Å²) >= 11 is 0. The van der Waals surface area contributed by atoms with Gasteiger partial charge in [-0.05, 0) is 27.7 Å². The van der Waals surface area contributed by atoms with Crippen molar-refractivity contribution in [1.29, 1.82) is 0 Å². The fraction of sp³-hybridized carbons (Fsp3) is 0.692. The Kier molecular flexibility index (Phi) is 44.8. The molecule has 0 bridgehead atoms. The molecule has 4 unspecified atom stereocenters. The summed E-state index contributed by atoms with van der Waals surface area (Å²) in [5.41, 5.74) is 0. The molecule has 27 heavy (non-hydrogen) atoms. The molecule has 0 aromatic carbocycles. The van der Waals surface area contributed by atoms with Crippen LogP contribution in [0.1, 0.15) is 35.1 Å². The Labute approximate surface area is 177 Å². The Morgan fingerprint density at radius 1 is 0.630 bits per heavy atom. The molecule has 12 nitrogen and oxygen atoms in total. The molecule has 2 radical (unpaired) electrons. The first kappa shape index (κ1) is 44.9. The van der Waals surface area contributed by atoms with Gasteiger partial charge >= 0.3 is 28.7 Å². The molecule has 0 aliphatic heterocycles. The summed E-state index contributed by atoms with van der Waals surface area (Å²) in [5, 5.41) is 66.2. The van der Waals surface area contributed by atoms with E-state index in [1.165, 1.54) is 13.8 Å². The predicted molar refractivity (Wildman–Crippen MR) is 78.7 cm³/mol. The molecule has 0 heterocycles. The van der Waals surface area contributed by atoms with Gasteiger partial charge in [-0.2, -0.15) is 0 Å². The van der Waals surface area contributed by atoms with Gasteiger partial charge in [0.1, 0.15) is 12.2 Å². The van der Waals surface area contributed by atoms with Crippen molar-refractivity contribution in [3.05, 3.63) is 0 Å². The topological polar surface area (TPSA) is 236 Å². The van der Waals surface area contributed by atoms with E-state index in [4.69, 9.17) is 30.6 Å². The molecule has 6 N–H and O–H groups in total. The molecule has 4 atom stereocenters. The maximum Gasteiger partial charge on any atom is 2.00 e. The quantitative estimate of drug-likeness (QED) is 0.219. The summed E-state index contributed by atoms with van der Waals surface area (Å²) in [6, 6.07) is 0. The van der Waals surface area contributed by atoms with E-state index in [9.17, 15) is 29.4 Å². The molecule has 0 amide bonds. The molecule has 0 fully saturated rings. The van der Waals surface area contributed by atoms with E-state index in [2.05, 4.69) is 0 Å². The molecule has 0 aliphatic rings. The Hall–Kier alpha value is -1.27. The standard InChI is InChI=1S/4C3H6O3.CH4.2Co/c4*1-2(4)3(5)6;;;/h4*2,4H,1H3,(H,5,6);1H4;;/q;;;;;;+2/p-2. The van der Waals surface area contributed by atoms with Gasteiger partial charge in [0.15, 0.2) is 0 Å². The molecular weight excluding hydrogens is 466 g/mol. The van der Waals surface area contributed by atoms with Crippen LogP contribution in [0, 0.1) is 0 Å². The van der Waals surface area contributed by atoms with E-state index in [-0.39, 0.29) is 41.0 Å². The third-order valence-corrected chi connectivity index (χ3v) is 1.40. The van der Waals surface area contributed by atoms with E-state index >= 15 is 0 Å². The molecule has 0 spiro atoms. The van der Waals surface area contributed by atoms with Crippen LogP contribution < -0.4 is 10.2 Å². The number of carboxylic acids is 4. The Bertz CT molecular complexity index is 311. The minimum Gasteiger partial charge on any atom is -0.547 e. The summed E-state index contributed by atoms with van der Waals surface area (Å²) in [7, 11) is 0. The molecule has 0 rings (SSSR count). The number of carbonyl (C=O) groups is 4. The number of aliphatic hydroxyl groups is 4. The predicted octanol–water partition coefficient (Wildman–Crippen LogP) is -4.23. The van der Waals surface area contributed by atoms with Crippen LogP contribution in [0.4, 0.5) is 0 Å². The molecule has 168 valence electrons. The van der Waals surface area contributed by atoms with Crippen LogP contribution in [0.2, 0.25) is 0 Å². The van der Waals surface area contributed by atoms with Crippen LogP contribution in [0.25, 0.3) is 0 Å². The second-order valence-corrected chi connectivity index (χ2v) is 4.02. The first-order chi connectivity index (χ1) is 10.6. The number of hydrogen-bond acceptors (Lipinski definition) is 10. The second kappa shape index (κ2) is 27.0. The van der Waals surface area contributed by atoms with Crippen molar-refractivity contribution in [3.8, 4) is 0 Å². The summed E-state index contributed by atoms with van der Waals surface area (Å²) in [6.07, 6.45) is -5.15. The molecule has 0 aliphatic carbocycles. The van der Waals surface area contributed by atoms with Crippen LogP contribution in [0.5, 0.6) is 0 Å². The average molecular weight is 492 g/mol. The van der Waals surface area contributed by atoms with Crippen LogP contribution in [-0.2, 0) is 52.7 Å². The van der Waals surface area contributed by atoms with Gasteiger partial charge in [-0.25, -0.2) is 9.59 Å². The summed E-state index contributed by atoms with van der Waals surface area (Å²) < 4.78 is 0. The molecular formula is C13H26Co2O12. The molecule has 0 aromatic rings. The third-order valence-electron chi connectivity index (χ3n) is 1.40. The zero-order chi connectivity index (χ0) is 20.6. The summed E-state index contributed by atoms with van der Waals surface area (Å²) in [5.74, 6) is -5.24. The SMILES string of the molecule is C.CC(O)C(=O)O.CC(O)C(=O)O.CC(O)C(=O)[O-].CC(O)C(=O)[O-].[Co+2].[Co].